The van der Waals surface area contributed by atoms with E-state index in [0.717, 1.165) is 42.5 Å². The summed E-state index contributed by atoms with van der Waals surface area (Å²) < 4.78 is 0.900. The van der Waals surface area contributed by atoms with Crippen molar-refractivity contribution in [2.75, 3.05) is 13.1 Å². The summed E-state index contributed by atoms with van der Waals surface area (Å²) in [5.74, 6) is -0.837. The first-order valence-corrected chi connectivity index (χ1v) is 7.12. The van der Waals surface area contributed by atoms with Crippen LogP contribution in [0.4, 0.5) is 0 Å². The molecule has 2 rings (SSSR count). The van der Waals surface area contributed by atoms with Crippen molar-refractivity contribution in [1.82, 2.24) is 4.90 Å². The summed E-state index contributed by atoms with van der Waals surface area (Å²) in [4.78, 5) is 13.1. The number of likely N-dealkylation sites (tertiary alicyclic amines) is 1. The van der Waals surface area contributed by atoms with Crippen molar-refractivity contribution in [3.63, 3.8) is 0 Å². The highest BCUT2D eigenvalue weighted by molar-refractivity contribution is 9.10. The molecule has 0 spiro atoms. The van der Waals surface area contributed by atoms with Gasteiger partial charge in [-0.1, -0.05) is 17.7 Å². The van der Waals surface area contributed by atoms with Gasteiger partial charge in [-0.25, -0.2) is 0 Å². The number of carboxylic acid groups (broad SMARTS) is 1. The molecule has 1 fully saturated rings. The third kappa shape index (κ3) is 3.46. The second-order valence-electron chi connectivity index (χ2n) is 4.64. The van der Waals surface area contributed by atoms with E-state index in [4.69, 9.17) is 16.7 Å². The molecule has 0 saturated carbocycles. The Labute approximate surface area is 120 Å². The van der Waals surface area contributed by atoms with Gasteiger partial charge in [0, 0.05) is 11.0 Å². The fraction of sp³-hybridized carbons (Fsp3) is 0.462. The van der Waals surface area contributed by atoms with Crippen LogP contribution in [0.3, 0.4) is 0 Å². The SMILES string of the molecule is O=C(O)C1CCN(Cc2ccc(Br)c(Cl)c2)CC1. The van der Waals surface area contributed by atoms with Crippen LogP contribution in [0.15, 0.2) is 22.7 Å². The standard InChI is InChI=1S/C13H15BrClNO2/c14-11-2-1-9(7-12(11)15)8-16-5-3-10(4-6-16)13(17)18/h1-2,7,10H,3-6,8H2,(H,17,18). The zero-order valence-corrected chi connectivity index (χ0v) is 12.2. The zero-order chi connectivity index (χ0) is 13.1. The number of halogens is 2. The van der Waals surface area contributed by atoms with Crippen LogP contribution in [0.2, 0.25) is 5.02 Å². The maximum atomic E-state index is 10.9. The smallest absolute Gasteiger partial charge is 0.306 e. The Morgan fingerprint density at radius 2 is 2.11 bits per heavy atom. The molecule has 1 aromatic rings. The molecule has 0 bridgehead atoms. The molecule has 1 aromatic carbocycles. The van der Waals surface area contributed by atoms with E-state index in [-0.39, 0.29) is 5.92 Å². The Morgan fingerprint density at radius 1 is 1.44 bits per heavy atom. The van der Waals surface area contributed by atoms with Crippen LogP contribution in [0.1, 0.15) is 18.4 Å². The summed E-state index contributed by atoms with van der Waals surface area (Å²) in [6.07, 6.45) is 1.47. The number of carboxylic acids is 1. The van der Waals surface area contributed by atoms with Crippen molar-refractivity contribution in [3.8, 4) is 0 Å². The van der Waals surface area contributed by atoms with Crippen molar-refractivity contribution in [2.45, 2.75) is 19.4 Å². The number of nitrogens with zero attached hydrogens (tertiary/aromatic N) is 1. The quantitative estimate of drug-likeness (QED) is 0.922. The van der Waals surface area contributed by atoms with E-state index >= 15 is 0 Å². The maximum Gasteiger partial charge on any atom is 0.306 e. The molecule has 5 heteroatoms. The number of rotatable bonds is 3. The second kappa shape index (κ2) is 6.04. The lowest BCUT2D eigenvalue weighted by Crippen LogP contribution is -2.35. The van der Waals surface area contributed by atoms with Crippen molar-refractivity contribution >= 4 is 33.5 Å². The van der Waals surface area contributed by atoms with E-state index in [1.165, 1.54) is 0 Å². The van der Waals surface area contributed by atoms with Crippen LogP contribution in [0.5, 0.6) is 0 Å². The number of carbonyl (C=O) groups is 1. The largest absolute Gasteiger partial charge is 0.481 e. The Balaban J connectivity index is 1.91. The summed E-state index contributed by atoms with van der Waals surface area (Å²) in [7, 11) is 0. The van der Waals surface area contributed by atoms with Gasteiger partial charge in [0.25, 0.3) is 0 Å². The van der Waals surface area contributed by atoms with Gasteiger partial charge in [-0.05, 0) is 59.6 Å². The molecule has 0 radical (unpaired) electrons. The third-order valence-electron chi connectivity index (χ3n) is 3.33. The number of hydrogen-bond donors (Lipinski definition) is 1. The Bertz CT molecular complexity index is 445. The molecule has 0 amide bonds. The van der Waals surface area contributed by atoms with E-state index in [2.05, 4.69) is 20.8 Å². The molecular formula is C13H15BrClNO2. The molecule has 0 atom stereocenters. The minimum Gasteiger partial charge on any atom is -0.481 e. The summed E-state index contributed by atoms with van der Waals surface area (Å²) >= 11 is 9.42. The average molecular weight is 333 g/mol. The molecule has 1 heterocycles. The number of hydrogen-bond acceptors (Lipinski definition) is 2. The third-order valence-corrected chi connectivity index (χ3v) is 4.56. The van der Waals surface area contributed by atoms with Crippen LogP contribution >= 0.6 is 27.5 Å². The van der Waals surface area contributed by atoms with E-state index in [0.29, 0.717) is 5.02 Å². The molecule has 98 valence electrons. The topological polar surface area (TPSA) is 40.5 Å². The fourth-order valence-electron chi connectivity index (χ4n) is 2.23. The van der Waals surface area contributed by atoms with E-state index in [1.807, 2.05) is 18.2 Å². The second-order valence-corrected chi connectivity index (χ2v) is 5.90. The molecule has 1 N–H and O–H groups in total. The normalized spacial score (nSPS) is 17.9. The molecular weight excluding hydrogens is 318 g/mol. The van der Waals surface area contributed by atoms with E-state index in [1.54, 1.807) is 0 Å². The first-order chi connectivity index (χ1) is 8.56. The summed E-state index contributed by atoms with van der Waals surface area (Å²) in [6.45, 7) is 2.51. The van der Waals surface area contributed by atoms with Gasteiger partial charge in [-0.3, -0.25) is 9.69 Å². The summed E-state index contributed by atoms with van der Waals surface area (Å²) in [5, 5.41) is 9.66. The predicted molar refractivity (Wildman–Crippen MR) is 74.8 cm³/mol. The van der Waals surface area contributed by atoms with E-state index in [9.17, 15) is 4.79 Å². The highest BCUT2D eigenvalue weighted by Gasteiger charge is 2.24. The summed E-state index contributed by atoms with van der Waals surface area (Å²) in [6, 6.07) is 5.94. The lowest BCUT2D eigenvalue weighted by molar-refractivity contribution is -0.143. The van der Waals surface area contributed by atoms with Crippen molar-refractivity contribution in [2.24, 2.45) is 5.92 Å². The lowest BCUT2D eigenvalue weighted by Gasteiger charge is -2.30. The molecule has 1 saturated heterocycles. The predicted octanol–water partition coefficient (Wildman–Crippen LogP) is 3.40. The molecule has 0 aromatic heterocycles. The highest BCUT2D eigenvalue weighted by atomic mass is 79.9. The van der Waals surface area contributed by atoms with Crippen molar-refractivity contribution in [3.05, 3.63) is 33.3 Å². The molecule has 0 aliphatic carbocycles. The van der Waals surface area contributed by atoms with Crippen LogP contribution in [-0.4, -0.2) is 29.1 Å². The lowest BCUT2D eigenvalue weighted by atomic mass is 9.97. The van der Waals surface area contributed by atoms with Crippen LogP contribution in [-0.2, 0) is 11.3 Å². The van der Waals surface area contributed by atoms with Crippen LogP contribution in [0, 0.1) is 5.92 Å². The van der Waals surface area contributed by atoms with Gasteiger partial charge in [-0.15, -0.1) is 0 Å². The van der Waals surface area contributed by atoms with Gasteiger partial charge in [0.15, 0.2) is 0 Å². The number of piperidine rings is 1. The minimum absolute atomic E-state index is 0.172. The average Bonchev–Trinajstić information content (AvgIpc) is 2.34. The Morgan fingerprint density at radius 3 is 2.67 bits per heavy atom. The molecule has 3 nitrogen and oxygen atoms in total. The number of aliphatic carboxylic acids is 1. The zero-order valence-electron chi connectivity index (χ0n) is 9.90. The van der Waals surface area contributed by atoms with Crippen molar-refractivity contribution in [1.29, 1.82) is 0 Å². The maximum absolute atomic E-state index is 10.9. The Hall–Kier alpha value is -0.580. The minimum atomic E-state index is -0.665. The molecule has 1 aliphatic heterocycles. The van der Waals surface area contributed by atoms with Crippen LogP contribution in [0.25, 0.3) is 0 Å². The van der Waals surface area contributed by atoms with Gasteiger partial charge in [-0.2, -0.15) is 0 Å². The van der Waals surface area contributed by atoms with Crippen molar-refractivity contribution < 1.29 is 9.90 Å². The van der Waals surface area contributed by atoms with Gasteiger partial charge in [0.2, 0.25) is 0 Å². The van der Waals surface area contributed by atoms with Crippen LogP contribution < -0.4 is 0 Å². The number of benzene rings is 1. The first-order valence-electron chi connectivity index (χ1n) is 5.95. The van der Waals surface area contributed by atoms with Gasteiger partial charge >= 0.3 is 5.97 Å². The fourth-order valence-corrected chi connectivity index (χ4v) is 2.68. The van der Waals surface area contributed by atoms with Gasteiger partial charge < -0.3 is 5.11 Å². The monoisotopic (exact) mass is 331 g/mol. The molecule has 1 aliphatic rings. The first kappa shape index (κ1) is 13.8. The van der Waals surface area contributed by atoms with E-state index < -0.39 is 5.97 Å². The molecule has 18 heavy (non-hydrogen) atoms. The Kier molecular flexibility index (Phi) is 4.65. The highest BCUT2D eigenvalue weighted by Crippen LogP contribution is 2.25. The van der Waals surface area contributed by atoms with Gasteiger partial charge in [0.1, 0.15) is 0 Å². The molecule has 0 unspecified atom stereocenters. The summed E-state index contributed by atoms with van der Waals surface area (Å²) in [5.41, 5.74) is 1.16. The van der Waals surface area contributed by atoms with Gasteiger partial charge in [0.05, 0.1) is 10.9 Å².